The van der Waals surface area contributed by atoms with Gasteiger partial charge in [-0.1, -0.05) is 29.0 Å². The maximum atomic E-state index is 12.2. The van der Waals surface area contributed by atoms with Crippen LogP contribution in [0.2, 0.25) is 0 Å². The highest BCUT2D eigenvalue weighted by atomic mass is 32.1. The molecule has 0 saturated heterocycles. The molecule has 2 heterocycles. The molecule has 0 saturated carbocycles. The zero-order valence-electron chi connectivity index (χ0n) is 13.4. The third kappa shape index (κ3) is 4.45. The van der Waals surface area contributed by atoms with Gasteiger partial charge in [0.25, 0.3) is 11.8 Å². The molecule has 0 unspecified atom stereocenters. The summed E-state index contributed by atoms with van der Waals surface area (Å²) in [7, 11) is 0. The number of aromatic nitrogens is 3. The van der Waals surface area contributed by atoms with E-state index in [0.717, 1.165) is 16.9 Å². The van der Waals surface area contributed by atoms with Crippen molar-refractivity contribution in [1.29, 1.82) is 0 Å². The molecule has 1 aromatic carbocycles. The van der Waals surface area contributed by atoms with E-state index >= 15 is 0 Å². The van der Waals surface area contributed by atoms with Crippen molar-refractivity contribution in [3.05, 3.63) is 69.9 Å². The molecule has 0 aliphatic heterocycles. The van der Waals surface area contributed by atoms with Crippen molar-refractivity contribution in [3.63, 3.8) is 0 Å². The standard InChI is InChI=1S/C17H15N5O2S/c1-11-4-6-13(7-5-11)20-16(24)17-22-21-14(25-17)10-19-15(23)12-3-2-8-18-9-12/h2-9H,10H2,1H3,(H,19,23)(H,20,24). The zero-order valence-corrected chi connectivity index (χ0v) is 14.2. The van der Waals surface area contributed by atoms with E-state index in [1.165, 1.54) is 6.20 Å². The second-order valence-electron chi connectivity index (χ2n) is 5.25. The first kappa shape index (κ1) is 16.7. The fourth-order valence-corrected chi connectivity index (χ4v) is 2.67. The maximum Gasteiger partial charge on any atom is 0.286 e. The summed E-state index contributed by atoms with van der Waals surface area (Å²) in [5, 5.41) is 14.1. The first-order valence-corrected chi connectivity index (χ1v) is 8.32. The topological polar surface area (TPSA) is 96.9 Å². The SMILES string of the molecule is Cc1ccc(NC(=O)c2nnc(CNC(=O)c3cccnc3)s2)cc1. The van der Waals surface area contributed by atoms with Crippen LogP contribution in [0.4, 0.5) is 5.69 Å². The Hall–Kier alpha value is -3.13. The second-order valence-corrected chi connectivity index (χ2v) is 6.31. The Morgan fingerprint density at radius 2 is 1.88 bits per heavy atom. The molecule has 0 spiro atoms. The first-order chi connectivity index (χ1) is 12.1. The van der Waals surface area contributed by atoms with Crippen LogP contribution < -0.4 is 10.6 Å². The molecule has 0 atom stereocenters. The Balaban J connectivity index is 1.57. The number of amides is 2. The summed E-state index contributed by atoms with van der Waals surface area (Å²) in [5.41, 5.74) is 2.27. The largest absolute Gasteiger partial charge is 0.345 e. The number of hydrogen-bond acceptors (Lipinski definition) is 6. The molecule has 3 rings (SSSR count). The minimum absolute atomic E-state index is 0.198. The van der Waals surface area contributed by atoms with Crippen LogP contribution in [0.15, 0.2) is 48.8 Å². The van der Waals surface area contributed by atoms with Gasteiger partial charge in [-0.25, -0.2) is 0 Å². The fraction of sp³-hybridized carbons (Fsp3) is 0.118. The van der Waals surface area contributed by atoms with Crippen LogP contribution in [0.25, 0.3) is 0 Å². The van der Waals surface area contributed by atoms with Crippen molar-refractivity contribution in [1.82, 2.24) is 20.5 Å². The summed E-state index contributed by atoms with van der Waals surface area (Å²) in [6, 6.07) is 10.8. The number of nitrogens with one attached hydrogen (secondary N) is 2. The third-order valence-corrected chi connectivity index (χ3v) is 4.22. The lowest BCUT2D eigenvalue weighted by Gasteiger charge is -2.02. The number of pyridine rings is 1. The number of hydrogen-bond donors (Lipinski definition) is 2. The number of carbonyl (C=O) groups is 2. The highest BCUT2D eigenvalue weighted by Gasteiger charge is 2.14. The van der Waals surface area contributed by atoms with E-state index in [1.807, 2.05) is 31.2 Å². The molecular weight excluding hydrogens is 338 g/mol. The molecule has 0 bridgehead atoms. The number of benzene rings is 1. The van der Waals surface area contributed by atoms with E-state index in [4.69, 9.17) is 0 Å². The van der Waals surface area contributed by atoms with Gasteiger partial charge in [-0.2, -0.15) is 0 Å². The van der Waals surface area contributed by atoms with E-state index in [2.05, 4.69) is 25.8 Å². The number of anilines is 1. The highest BCUT2D eigenvalue weighted by molar-refractivity contribution is 7.13. The fourth-order valence-electron chi connectivity index (χ4n) is 1.99. The van der Waals surface area contributed by atoms with Crippen LogP contribution in [0.3, 0.4) is 0 Å². The number of nitrogens with zero attached hydrogens (tertiary/aromatic N) is 3. The Labute approximate surface area is 148 Å². The molecule has 2 amide bonds. The Bertz CT molecular complexity index is 878. The van der Waals surface area contributed by atoms with Gasteiger partial charge in [0.1, 0.15) is 5.01 Å². The van der Waals surface area contributed by atoms with Gasteiger partial charge < -0.3 is 10.6 Å². The quantitative estimate of drug-likeness (QED) is 0.734. The molecule has 0 aliphatic carbocycles. The second kappa shape index (κ2) is 7.63. The van der Waals surface area contributed by atoms with Crippen molar-refractivity contribution in [2.24, 2.45) is 0 Å². The van der Waals surface area contributed by atoms with Gasteiger partial charge in [-0.3, -0.25) is 14.6 Å². The lowest BCUT2D eigenvalue weighted by Crippen LogP contribution is -2.22. The monoisotopic (exact) mass is 353 g/mol. The van der Waals surface area contributed by atoms with Gasteiger partial charge in [0.15, 0.2) is 0 Å². The molecule has 2 N–H and O–H groups in total. The van der Waals surface area contributed by atoms with Crippen molar-refractivity contribution in [2.45, 2.75) is 13.5 Å². The molecule has 0 aliphatic rings. The molecule has 3 aromatic rings. The minimum Gasteiger partial charge on any atom is -0.345 e. The van der Waals surface area contributed by atoms with Gasteiger partial charge in [0.05, 0.1) is 12.1 Å². The van der Waals surface area contributed by atoms with Gasteiger partial charge in [-0.15, -0.1) is 10.2 Å². The summed E-state index contributed by atoms with van der Waals surface area (Å²) in [5.74, 6) is -0.583. The van der Waals surface area contributed by atoms with E-state index in [0.29, 0.717) is 16.3 Å². The van der Waals surface area contributed by atoms with E-state index in [-0.39, 0.29) is 23.4 Å². The summed E-state index contributed by atoms with van der Waals surface area (Å²) in [6.45, 7) is 2.17. The predicted molar refractivity (Wildman–Crippen MR) is 94.4 cm³/mol. The molecule has 0 fully saturated rings. The summed E-state index contributed by atoms with van der Waals surface area (Å²) < 4.78 is 0. The molecule has 25 heavy (non-hydrogen) atoms. The summed E-state index contributed by atoms with van der Waals surface area (Å²) in [6.07, 6.45) is 3.08. The molecule has 0 radical (unpaired) electrons. The lowest BCUT2D eigenvalue weighted by atomic mass is 10.2. The van der Waals surface area contributed by atoms with Crippen LogP contribution >= 0.6 is 11.3 Å². The van der Waals surface area contributed by atoms with Crippen molar-refractivity contribution < 1.29 is 9.59 Å². The Morgan fingerprint density at radius 1 is 1.08 bits per heavy atom. The van der Waals surface area contributed by atoms with Gasteiger partial charge in [-0.05, 0) is 31.2 Å². The van der Waals surface area contributed by atoms with E-state index in [9.17, 15) is 9.59 Å². The average molecular weight is 353 g/mol. The molecular formula is C17H15N5O2S. The summed E-state index contributed by atoms with van der Waals surface area (Å²) in [4.78, 5) is 28.0. The van der Waals surface area contributed by atoms with Crippen molar-refractivity contribution in [3.8, 4) is 0 Å². The van der Waals surface area contributed by atoms with E-state index in [1.54, 1.807) is 18.3 Å². The van der Waals surface area contributed by atoms with Crippen LogP contribution in [-0.2, 0) is 6.54 Å². The van der Waals surface area contributed by atoms with Crippen molar-refractivity contribution >= 4 is 28.8 Å². The Morgan fingerprint density at radius 3 is 2.60 bits per heavy atom. The lowest BCUT2D eigenvalue weighted by molar-refractivity contribution is 0.0949. The predicted octanol–water partition coefficient (Wildman–Crippen LogP) is 2.42. The van der Waals surface area contributed by atoms with Crippen LogP contribution in [0.5, 0.6) is 0 Å². The normalized spacial score (nSPS) is 10.3. The van der Waals surface area contributed by atoms with Gasteiger partial charge in [0.2, 0.25) is 5.01 Å². The number of rotatable bonds is 5. The smallest absolute Gasteiger partial charge is 0.286 e. The van der Waals surface area contributed by atoms with E-state index < -0.39 is 0 Å². The first-order valence-electron chi connectivity index (χ1n) is 7.50. The number of carbonyl (C=O) groups excluding carboxylic acids is 2. The van der Waals surface area contributed by atoms with Gasteiger partial charge >= 0.3 is 0 Å². The maximum absolute atomic E-state index is 12.2. The zero-order chi connectivity index (χ0) is 17.6. The Kier molecular flexibility index (Phi) is 5.10. The minimum atomic E-state index is -0.328. The summed E-state index contributed by atoms with van der Waals surface area (Å²) >= 11 is 1.14. The van der Waals surface area contributed by atoms with Crippen LogP contribution in [0, 0.1) is 6.92 Å². The molecule has 8 heteroatoms. The van der Waals surface area contributed by atoms with Crippen LogP contribution in [0.1, 0.15) is 30.7 Å². The highest BCUT2D eigenvalue weighted by Crippen LogP contribution is 2.14. The average Bonchev–Trinajstić information content (AvgIpc) is 3.11. The molecule has 126 valence electrons. The third-order valence-electron chi connectivity index (χ3n) is 3.29. The van der Waals surface area contributed by atoms with Crippen LogP contribution in [-0.4, -0.2) is 27.0 Å². The molecule has 2 aromatic heterocycles. The van der Waals surface area contributed by atoms with Crippen molar-refractivity contribution in [2.75, 3.05) is 5.32 Å². The van der Waals surface area contributed by atoms with Gasteiger partial charge in [0, 0.05) is 18.1 Å². The number of aryl methyl sites for hydroxylation is 1. The molecule has 7 nitrogen and oxygen atoms in total.